The highest BCUT2D eigenvalue weighted by Gasteiger charge is 2.20. The summed E-state index contributed by atoms with van der Waals surface area (Å²) in [6.07, 6.45) is 2.55. The van der Waals surface area contributed by atoms with Crippen LogP contribution < -0.4 is 10.1 Å². The second-order valence-electron chi connectivity index (χ2n) is 4.68. The molecule has 0 radical (unpaired) electrons. The van der Waals surface area contributed by atoms with E-state index in [0.29, 0.717) is 12.6 Å². The van der Waals surface area contributed by atoms with E-state index in [2.05, 4.69) is 26.4 Å². The van der Waals surface area contributed by atoms with Crippen LogP contribution in [0.25, 0.3) is 0 Å². The molecule has 5 heteroatoms. The van der Waals surface area contributed by atoms with E-state index in [1.54, 1.807) is 0 Å². The van der Waals surface area contributed by atoms with E-state index in [0.717, 1.165) is 28.2 Å². The normalized spacial score (nSPS) is 14.6. The third-order valence-electron chi connectivity index (χ3n) is 2.95. The molecule has 0 amide bonds. The van der Waals surface area contributed by atoms with Gasteiger partial charge in [-0.25, -0.2) is 0 Å². The molecule has 3 rings (SSSR count). The van der Waals surface area contributed by atoms with E-state index in [1.807, 2.05) is 30.3 Å². The van der Waals surface area contributed by atoms with Crippen molar-refractivity contribution in [3.63, 3.8) is 0 Å². The Hall–Kier alpha value is -1.33. The number of benzene rings is 1. The maximum Gasteiger partial charge on any atom is 0.174 e. The van der Waals surface area contributed by atoms with Gasteiger partial charge in [0, 0.05) is 23.1 Å². The third kappa shape index (κ3) is 3.81. The Morgan fingerprint density at radius 2 is 2.11 bits per heavy atom. The fourth-order valence-electron chi connectivity index (χ4n) is 1.73. The summed E-state index contributed by atoms with van der Waals surface area (Å²) in [5.41, 5.74) is 0.932. The van der Waals surface area contributed by atoms with Crippen molar-refractivity contribution in [3.8, 4) is 5.75 Å². The van der Waals surface area contributed by atoms with Gasteiger partial charge in [0.1, 0.15) is 12.4 Å². The molecule has 100 valence electrons. The molecule has 1 fully saturated rings. The summed E-state index contributed by atoms with van der Waals surface area (Å²) in [5.74, 6) is 1.56. The Morgan fingerprint density at radius 1 is 1.32 bits per heavy atom. The smallest absolute Gasteiger partial charge is 0.174 e. The van der Waals surface area contributed by atoms with Crippen LogP contribution >= 0.6 is 15.9 Å². The number of rotatable bonds is 6. The van der Waals surface area contributed by atoms with Gasteiger partial charge in [0.15, 0.2) is 5.76 Å². The molecule has 1 N–H and O–H groups in total. The zero-order chi connectivity index (χ0) is 13.1. The summed E-state index contributed by atoms with van der Waals surface area (Å²) >= 11 is 3.39. The van der Waals surface area contributed by atoms with E-state index in [-0.39, 0.29) is 0 Å². The molecule has 0 unspecified atom stereocenters. The van der Waals surface area contributed by atoms with Crippen molar-refractivity contribution in [2.24, 2.45) is 0 Å². The zero-order valence-corrected chi connectivity index (χ0v) is 12.0. The van der Waals surface area contributed by atoms with Gasteiger partial charge in [0.25, 0.3) is 0 Å². The molecular weight excluding hydrogens is 308 g/mol. The van der Waals surface area contributed by atoms with Crippen LogP contribution in [0.2, 0.25) is 0 Å². The van der Waals surface area contributed by atoms with Crippen molar-refractivity contribution in [1.82, 2.24) is 10.5 Å². The van der Waals surface area contributed by atoms with E-state index in [1.165, 1.54) is 12.8 Å². The number of halogens is 1. The molecule has 1 saturated carbocycles. The molecule has 0 atom stereocenters. The van der Waals surface area contributed by atoms with Crippen molar-refractivity contribution in [1.29, 1.82) is 0 Å². The molecule has 4 nitrogen and oxygen atoms in total. The first-order chi connectivity index (χ1) is 9.29. The SMILES string of the molecule is Brc1ccc(OCc2cc(CNC3CC3)no2)cc1. The van der Waals surface area contributed by atoms with Crippen molar-refractivity contribution >= 4 is 15.9 Å². The minimum absolute atomic E-state index is 0.401. The van der Waals surface area contributed by atoms with Gasteiger partial charge in [-0.15, -0.1) is 0 Å². The van der Waals surface area contributed by atoms with E-state index < -0.39 is 0 Å². The van der Waals surface area contributed by atoms with Gasteiger partial charge in [-0.1, -0.05) is 21.1 Å². The molecule has 0 aliphatic heterocycles. The quantitative estimate of drug-likeness (QED) is 0.886. The van der Waals surface area contributed by atoms with Gasteiger partial charge >= 0.3 is 0 Å². The average molecular weight is 323 g/mol. The fourth-order valence-corrected chi connectivity index (χ4v) is 1.99. The zero-order valence-electron chi connectivity index (χ0n) is 10.4. The predicted molar refractivity (Wildman–Crippen MR) is 74.8 cm³/mol. The topological polar surface area (TPSA) is 47.3 Å². The maximum atomic E-state index is 5.62. The summed E-state index contributed by atoms with van der Waals surface area (Å²) in [6, 6.07) is 10.3. The summed E-state index contributed by atoms with van der Waals surface area (Å²) < 4.78 is 11.9. The van der Waals surface area contributed by atoms with Crippen LogP contribution in [0, 0.1) is 0 Å². The lowest BCUT2D eigenvalue weighted by Gasteiger charge is -2.02. The highest BCUT2D eigenvalue weighted by atomic mass is 79.9. The van der Waals surface area contributed by atoms with Gasteiger partial charge in [-0.05, 0) is 37.1 Å². The first kappa shape index (κ1) is 12.7. The van der Waals surface area contributed by atoms with Gasteiger partial charge in [0.05, 0.1) is 5.69 Å². The van der Waals surface area contributed by atoms with E-state index in [4.69, 9.17) is 9.26 Å². The van der Waals surface area contributed by atoms with Crippen LogP contribution in [0.3, 0.4) is 0 Å². The van der Waals surface area contributed by atoms with Gasteiger partial charge in [-0.3, -0.25) is 0 Å². The lowest BCUT2D eigenvalue weighted by Crippen LogP contribution is -2.15. The first-order valence-corrected chi connectivity index (χ1v) is 7.15. The molecule has 0 bridgehead atoms. The van der Waals surface area contributed by atoms with Gasteiger partial charge < -0.3 is 14.6 Å². The van der Waals surface area contributed by atoms with Crippen LogP contribution in [0.1, 0.15) is 24.3 Å². The van der Waals surface area contributed by atoms with Gasteiger partial charge in [0.2, 0.25) is 0 Å². The van der Waals surface area contributed by atoms with Crippen LogP contribution in [0.5, 0.6) is 5.75 Å². The Labute approximate surface area is 120 Å². The Bertz CT molecular complexity index is 535. The Kier molecular flexibility index (Phi) is 3.84. The first-order valence-electron chi connectivity index (χ1n) is 6.36. The van der Waals surface area contributed by atoms with Crippen molar-refractivity contribution in [3.05, 3.63) is 46.3 Å². The minimum Gasteiger partial charge on any atom is -0.486 e. The molecular formula is C14H15BrN2O2. The molecule has 19 heavy (non-hydrogen) atoms. The molecule has 1 aromatic heterocycles. The number of hydrogen-bond acceptors (Lipinski definition) is 4. The van der Waals surface area contributed by atoms with Crippen molar-refractivity contribution in [2.75, 3.05) is 0 Å². The molecule has 2 aromatic rings. The molecule has 0 saturated heterocycles. The number of nitrogens with zero attached hydrogens (tertiary/aromatic N) is 1. The second-order valence-corrected chi connectivity index (χ2v) is 5.60. The summed E-state index contributed by atoms with van der Waals surface area (Å²) in [5, 5.41) is 7.42. The summed E-state index contributed by atoms with van der Waals surface area (Å²) in [6.45, 7) is 1.17. The predicted octanol–water partition coefficient (Wildman–Crippen LogP) is 3.27. The van der Waals surface area contributed by atoms with Crippen LogP contribution in [-0.4, -0.2) is 11.2 Å². The van der Waals surface area contributed by atoms with E-state index >= 15 is 0 Å². The molecule has 0 spiro atoms. The number of nitrogens with one attached hydrogen (secondary N) is 1. The molecule has 1 aromatic carbocycles. The second kappa shape index (κ2) is 5.75. The Morgan fingerprint density at radius 3 is 2.84 bits per heavy atom. The largest absolute Gasteiger partial charge is 0.486 e. The highest BCUT2D eigenvalue weighted by molar-refractivity contribution is 9.10. The minimum atomic E-state index is 0.401. The maximum absolute atomic E-state index is 5.62. The number of ether oxygens (including phenoxy) is 1. The van der Waals surface area contributed by atoms with Crippen LogP contribution in [0.15, 0.2) is 39.3 Å². The molecule has 1 aliphatic rings. The third-order valence-corrected chi connectivity index (χ3v) is 3.48. The van der Waals surface area contributed by atoms with Crippen LogP contribution in [0.4, 0.5) is 0 Å². The summed E-state index contributed by atoms with van der Waals surface area (Å²) in [4.78, 5) is 0. The lowest BCUT2D eigenvalue weighted by atomic mass is 10.3. The Balaban J connectivity index is 1.50. The van der Waals surface area contributed by atoms with Gasteiger partial charge in [-0.2, -0.15) is 0 Å². The average Bonchev–Trinajstić information content (AvgIpc) is 3.15. The molecule has 1 heterocycles. The summed E-state index contributed by atoms with van der Waals surface area (Å²) in [7, 11) is 0. The number of hydrogen-bond donors (Lipinski definition) is 1. The van der Waals surface area contributed by atoms with Crippen molar-refractivity contribution in [2.45, 2.75) is 32.0 Å². The monoisotopic (exact) mass is 322 g/mol. The molecule has 1 aliphatic carbocycles. The number of aromatic nitrogens is 1. The lowest BCUT2D eigenvalue weighted by molar-refractivity contribution is 0.248. The van der Waals surface area contributed by atoms with E-state index in [9.17, 15) is 0 Å². The van der Waals surface area contributed by atoms with Crippen molar-refractivity contribution < 1.29 is 9.26 Å². The standard InChI is InChI=1S/C14H15BrN2O2/c15-10-1-5-13(6-2-10)18-9-14-7-12(17-19-14)8-16-11-3-4-11/h1-2,5-7,11,16H,3-4,8-9H2. The highest BCUT2D eigenvalue weighted by Crippen LogP contribution is 2.20. The fraction of sp³-hybridized carbons (Fsp3) is 0.357. The van der Waals surface area contributed by atoms with Crippen LogP contribution in [-0.2, 0) is 13.2 Å².